The number of H-pyrrole nitrogens is 1. The van der Waals surface area contributed by atoms with Crippen LogP contribution in [0.15, 0.2) is 59.8 Å². The highest BCUT2D eigenvalue weighted by molar-refractivity contribution is 8.00. The Hall–Kier alpha value is -2.66. The van der Waals surface area contributed by atoms with Crippen LogP contribution in [0.5, 0.6) is 0 Å². The molecule has 0 aliphatic rings. The largest absolute Gasteiger partial charge is 0.360 e. The summed E-state index contributed by atoms with van der Waals surface area (Å²) in [6.07, 6.45) is 1.80. The number of para-hydroxylation sites is 2. The van der Waals surface area contributed by atoms with Crippen LogP contribution in [0.1, 0.15) is 23.1 Å². The predicted molar refractivity (Wildman–Crippen MR) is 102 cm³/mol. The van der Waals surface area contributed by atoms with Crippen molar-refractivity contribution in [1.29, 1.82) is 0 Å². The van der Waals surface area contributed by atoms with E-state index in [1.165, 1.54) is 11.8 Å². The monoisotopic (exact) mass is 347 g/mol. The molecular weight excluding hydrogens is 330 g/mol. The summed E-state index contributed by atoms with van der Waals surface area (Å²) in [5.41, 5.74) is 2.61. The minimum Gasteiger partial charge on any atom is -0.360 e. The van der Waals surface area contributed by atoms with Gasteiger partial charge in [0.1, 0.15) is 10.9 Å². The van der Waals surface area contributed by atoms with E-state index >= 15 is 0 Å². The highest BCUT2D eigenvalue weighted by Crippen LogP contribution is 2.31. The zero-order valence-corrected chi connectivity index (χ0v) is 14.8. The summed E-state index contributed by atoms with van der Waals surface area (Å²) < 4.78 is 0. The number of benzene rings is 2. The summed E-state index contributed by atoms with van der Waals surface area (Å²) in [7, 11) is 0. The number of aryl methyl sites for hydroxylation is 1. The van der Waals surface area contributed by atoms with Crippen molar-refractivity contribution in [3.8, 4) is 0 Å². The van der Waals surface area contributed by atoms with E-state index in [1.54, 1.807) is 6.20 Å². The Morgan fingerprint density at radius 3 is 2.60 bits per heavy atom. The average Bonchev–Trinajstić information content (AvgIpc) is 3.05. The van der Waals surface area contributed by atoms with E-state index in [1.807, 2.05) is 62.4 Å². The van der Waals surface area contributed by atoms with Crippen LogP contribution >= 0.6 is 11.8 Å². The third kappa shape index (κ3) is 2.91. The van der Waals surface area contributed by atoms with Gasteiger partial charge in [0.05, 0.1) is 10.8 Å². The molecule has 5 heteroatoms. The van der Waals surface area contributed by atoms with E-state index in [0.29, 0.717) is 5.82 Å². The van der Waals surface area contributed by atoms with Gasteiger partial charge in [0.15, 0.2) is 5.78 Å². The first-order valence-corrected chi connectivity index (χ1v) is 9.02. The summed E-state index contributed by atoms with van der Waals surface area (Å²) in [5.74, 6) is 0.815. The van der Waals surface area contributed by atoms with Crippen LogP contribution in [0.3, 0.4) is 0 Å². The molecule has 0 saturated heterocycles. The highest BCUT2D eigenvalue weighted by Gasteiger charge is 2.21. The first-order valence-electron chi connectivity index (χ1n) is 8.14. The Morgan fingerprint density at radius 1 is 1.04 bits per heavy atom. The maximum absolute atomic E-state index is 13.0. The molecule has 0 bridgehead atoms. The summed E-state index contributed by atoms with van der Waals surface area (Å²) >= 11 is 1.49. The van der Waals surface area contributed by atoms with Crippen molar-refractivity contribution in [1.82, 2.24) is 15.0 Å². The van der Waals surface area contributed by atoms with Crippen molar-refractivity contribution >= 4 is 39.4 Å². The van der Waals surface area contributed by atoms with Crippen molar-refractivity contribution < 1.29 is 4.79 Å². The van der Waals surface area contributed by atoms with Gasteiger partial charge in [0, 0.05) is 28.0 Å². The maximum Gasteiger partial charge on any atom is 0.178 e. The van der Waals surface area contributed by atoms with Crippen molar-refractivity contribution in [3.05, 3.63) is 66.1 Å². The average molecular weight is 347 g/mol. The number of aromatic amines is 1. The summed E-state index contributed by atoms with van der Waals surface area (Å²) in [6.45, 7) is 3.81. The lowest BCUT2D eigenvalue weighted by molar-refractivity contribution is 0.0995. The van der Waals surface area contributed by atoms with Crippen molar-refractivity contribution in [3.63, 3.8) is 0 Å². The quantitative estimate of drug-likeness (QED) is 0.328. The summed E-state index contributed by atoms with van der Waals surface area (Å²) in [6, 6.07) is 15.8. The molecule has 0 aliphatic carbocycles. The lowest BCUT2D eigenvalue weighted by Gasteiger charge is -2.11. The van der Waals surface area contributed by atoms with Gasteiger partial charge in [0.25, 0.3) is 0 Å². The topological polar surface area (TPSA) is 58.6 Å². The van der Waals surface area contributed by atoms with Crippen LogP contribution in [0.4, 0.5) is 0 Å². The van der Waals surface area contributed by atoms with Gasteiger partial charge in [-0.3, -0.25) is 4.79 Å². The van der Waals surface area contributed by atoms with Crippen LogP contribution in [0.25, 0.3) is 21.8 Å². The van der Waals surface area contributed by atoms with Gasteiger partial charge in [-0.05, 0) is 26.0 Å². The Morgan fingerprint density at radius 2 is 1.76 bits per heavy atom. The first kappa shape index (κ1) is 15.8. The van der Waals surface area contributed by atoms with E-state index in [4.69, 9.17) is 0 Å². The van der Waals surface area contributed by atoms with Gasteiger partial charge < -0.3 is 4.98 Å². The summed E-state index contributed by atoms with van der Waals surface area (Å²) in [5, 5.41) is 2.56. The second kappa shape index (κ2) is 6.33. The molecule has 1 atom stereocenters. The maximum atomic E-state index is 13.0. The molecule has 0 fully saturated rings. The van der Waals surface area contributed by atoms with Gasteiger partial charge in [-0.15, -0.1) is 0 Å². The number of nitrogens with one attached hydrogen (secondary N) is 1. The van der Waals surface area contributed by atoms with E-state index < -0.39 is 0 Å². The molecule has 0 spiro atoms. The molecule has 0 saturated carbocycles. The number of hydrogen-bond donors (Lipinski definition) is 1. The molecule has 2 heterocycles. The number of carbonyl (C=O) groups excluding carboxylic acids is 1. The smallest absolute Gasteiger partial charge is 0.178 e. The van der Waals surface area contributed by atoms with Crippen LogP contribution in [-0.4, -0.2) is 26.0 Å². The SMILES string of the molecule is Cc1nc(SC(C)C(=O)c2c[nH]c3ccccc23)c2ccccc2n1. The fourth-order valence-electron chi connectivity index (χ4n) is 2.96. The van der Waals surface area contributed by atoms with Crippen LogP contribution in [0.2, 0.25) is 0 Å². The molecule has 0 aliphatic heterocycles. The number of rotatable bonds is 4. The number of fused-ring (bicyclic) bond motifs is 2. The molecule has 4 rings (SSSR count). The fourth-order valence-corrected chi connectivity index (χ4v) is 4.02. The Labute approximate surface area is 149 Å². The first-order chi connectivity index (χ1) is 12.1. The molecule has 4 aromatic rings. The second-order valence-electron chi connectivity index (χ2n) is 5.97. The molecule has 1 N–H and O–H groups in total. The zero-order valence-electron chi connectivity index (χ0n) is 14.0. The van der Waals surface area contributed by atoms with Crippen molar-refractivity contribution in [2.75, 3.05) is 0 Å². The predicted octanol–water partition coefficient (Wildman–Crippen LogP) is 4.78. The van der Waals surface area contributed by atoms with Gasteiger partial charge >= 0.3 is 0 Å². The van der Waals surface area contributed by atoms with Crippen molar-refractivity contribution in [2.45, 2.75) is 24.1 Å². The molecule has 25 heavy (non-hydrogen) atoms. The minimum absolute atomic E-state index is 0.0998. The van der Waals surface area contributed by atoms with Crippen LogP contribution in [0, 0.1) is 6.92 Å². The van der Waals surface area contributed by atoms with Gasteiger partial charge in [-0.25, -0.2) is 9.97 Å². The number of hydrogen-bond acceptors (Lipinski definition) is 4. The van der Waals surface area contributed by atoms with E-state index in [9.17, 15) is 4.79 Å². The number of thioether (sulfide) groups is 1. The molecule has 2 aromatic heterocycles. The van der Waals surface area contributed by atoms with Crippen molar-refractivity contribution in [2.24, 2.45) is 0 Å². The number of aromatic nitrogens is 3. The number of carbonyl (C=O) groups is 1. The zero-order chi connectivity index (χ0) is 17.4. The third-order valence-electron chi connectivity index (χ3n) is 4.19. The fraction of sp³-hybridized carbons (Fsp3) is 0.150. The third-order valence-corrected chi connectivity index (χ3v) is 5.29. The van der Waals surface area contributed by atoms with Gasteiger partial charge in [-0.1, -0.05) is 48.2 Å². The van der Waals surface area contributed by atoms with Gasteiger partial charge in [0.2, 0.25) is 0 Å². The minimum atomic E-state index is -0.239. The van der Waals surface area contributed by atoms with E-state index in [0.717, 1.165) is 32.4 Å². The number of ketones is 1. The standard InChI is InChI=1S/C20H17N3OS/c1-12(19(24)16-11-21-17-9-5-3-7-14(16)17)25-20-15-8-4-6-10-18(15)22-13(2)23-20/h3-12,21H,1-2H3. The molecule has 0 radical (unpaired) electrons. The van der Waals surface area contributed by atoms with Crippen LogP contribution < -0.4 is 0 Å². The van der Waals surface area contributed by atoms with Crippen LogP contribution in [-0.2, 0) is 0 Å². The number of Topliss-reactive ketones (excluding diaryl/α,β-unsaturated/α-hetero) is 1. The van der Waals surface area contributed by atoms with E-state index in [2.05, 4.69) is 15.0 Å². The lowest BCUT2D eigenvalue weighted by Crippen LogP contribution is -2.13. The Bertz CT molecular complexity index is 1090. The molecule has 1 unspecified atom stereocenters. The molecule has 2 aromatic carbocycles. The van der Waals surface area contributed by atoms with E-state index in [-0.39, 0.29) is 11.0 Å². The lowest BCUT2D eigenvalue weighted by atomic mass is 10.1. The normalized spacial score (nSPS) is 12.6. The highest BCUT2D eigenvalue weighted by atomic mass is 32.2. The number of nitrogens with zero attached hydrogens (tertiary/aromatic N) is 2. The Balaban J connectivity index is 1.68. The van der Waals surface area contributed by atoms with Gasteiger partial charge in [-0.2, -0.15) is 0 Å². The molecule has 4 nitrogen and oxygen atoms in total. The molecular formula is C20H17N3OS. The molecule has 0 amide bonds. The second-order valence-corrected chi connectivity index (χ2v) is 7.29. The summed E-state index contributed by atoms with van der Waals surface area (Å²) in [4.78, 5) is 25.2. The Kier molecular flexibility index (Phi) is 4.01. The molecule has 124 valence electrons.